The van der Waals surface area contributed by atoms with Gasteiger partial charge in [0, 0.05) is 13.1 Å². The van der Waals surface area contributed by atoms with Crippen LogP contribution in [0.1, 0.15) is 18.1 Å². The highest BCUT2D eigenvalue weighted by molar-refractivity contribution is 7.80. The summed E-state index contributed by atoms with van der Waals surface area (Å²) in [4.78, 5) is 2.56. The van der Waals surface area contributed by atoms with Gasteiger partial charge in [-0.3, -0.25) is 4.90 Å². The van der Waals surface area contributed by atoms with Crippen molar-refractivity contribution in [3.05, 3.63) is 35.1 Å². The highest BCUT2D eigenvalue weighted by Crippen LogP contribution is 2.12. The van der Waals surface area contributed by atoms with Crippen LogP contribution < -0.4 is 5.73 Å². The summed E-state index contributed by atoms with van der Waals surface area (Å²) < 4.78 is 13.1. The van der Waals surface area contributed by atoms with Crippen molar-refractivity contribution in [3.8, 4) is 0 Å². The standard InChI is InChI=1S/C12H17FN2S/c1-3-15(8-12(14)16)7-10-6-11(13)5-4-9(10)2/h4-6H,3,7-8H2,1-2H3,(H2,14,16). The molecule has 0 saturated heterocycles. The zero-order valence-electron chi connectivity index (χ0n) is 9.66. The topological polar surface area (TPSA) is 29.3 Å². The second kappa shape index (κ2) is 5.92. The first-order chi connectivity index (χ1) is 7.52. The zero-order chi connectivity index (χ0) is 12.1. The molecule has 0 radical (unpaired) electrons. The zero-order valence-corrected chi connectivity index (χ0v) is 10.5. The van der Waals surface area contributed by atoms with Crippen molar-refractivity contribution >= 4 is 17.2 Å². The minimum Gasteiger partial charge on any atom is -0.392 e. The lowest BCUT2D eigenvalue weighted by Gasteiger charge is -2.20. The Labute approximate surface area is 101 Å². The van der Waals surface area contributed by atoms with Gasteiger partial charge in [-0.1, -0.05) is 25.2 Å². The lowest BCUT2D eigenvalue weighted by Crippen LogP contribution is -2.32. The molecule has 0 spiro atoms. The number of nitrogens with two attached hydrogens (primary N) is 1. The van der Waals surface area contributed by atoms with E-state index in [1.54, 1.807) is 12.1 Å². The molecule has 0 aliphatic carbocycles. The molecule has 0 aliphatic rings. The molecule has 0 atom stereocenters. The minimum absolute atomic E-state index is 0.202. The molecular weight excluding hydrogens is 223 g/mol. The van der Waals surface area contributed by atoms with E-state index < -0.39 is 0 Å². The van der Waals surface area contributed by atoms with E-state index in [9.17, 15) is 4.39 Å². The Bertz CT molecular complexity index is 379. The van der Waals surface area contributed by atoms with E-state index in [4.69, 9.17) is 18.0 Å². The Morgan fingerprint density at radius 1 is 1.50 bits per heavy atom. The Kier molecular flexibility index (Phi) is 4.83. The third-order valence-electron chi connectivity index (χ3n) is 2.53. The van der Waals surface area contributed by atoms with Crippen molar-refractivity contribution in [1.82, 2.24) is 4.90 Å². The number of hydrogen-bond acceptors (Lipinski definition) is 2. The molecule has 0 heterocycles. The highest BCUT2D eigenvalue weighted by atomic mass is 32.1. The average molecular weight is 240 g/mol. The van der Waals surface area contributed by atoms with Crippen LogP contribution >= 0.6 is 12.2 Å². The summed E-state index contributed by atoms with van der Waals surface area (Å²) in [5, 5.41) is 0. The van der Waals surface area contributed by atoms with E-state index in [1.807, 2.05) is 13.8 Å². The molecule has 0 aromatic heterocycles. The van der Waals surface area contributed by atoms with Gasteiger partial charge in [0.2, 0.25) is 0 Å². The quantitative estimate of drug-likeness (QED) is 0.800. The summed E-state index contributed by atoms with van der Waals surface area (Å²) in [5.41, 5.74) is 7.58. The van der Waals surface area contributed by atoms with Gasteiger partial charge in [0.15, 0.2) is 0 Å². The Morgan fingerprint density at radius 2 is 2.19 bits per heavy atom. The summed E-state index contributed by atoms with van der Waals surface area (Å²) in [7, 11) is 0. The van der Waals surface area contributed by atoms with Gasteiger partial charge in [0.25, 0.3) is 0 Å². The molecule has 88 valence electrons. The van der Waals surface area contributed by atoms with Gasteiger partial charge < -0.3 is 5.73 Å². The van der Waals surface area contributed by atoms with Gasteiger partial charge in [-0.25, -0.2) is 4.39 Å². The van der Waals surface area contributed by atoms with Crippen molar-refractivity contribution < 1.29 is 4.39 Å². The van der Waals surface area contributed by atoms with Crippen molar-refractivity contribution in [3.63, 3.8) is 0 Å². The second-order valence-electron chi connectivity index (χ2n) is 3.84. The van der Waals surface area contributed by atoms with Crippen molar-refractivity contribution in [1.29, 1.82) is 0 Å². The van der Waals surface area contributed by atoms with Crippen LogP contribution in [0.5, 0.6) is 0 Å². The first kappa shape index (κ1) is 13.1. The lowest BCUT2D eigenvalue weighted by atomic mass is 10.1. The highest BCUT2D eigenvalue weighted by Gasteiger charge is 2.07. The number of aryl methyl sites for hydroxylation is 1. The average Bonchev–Trinajstić information content (AvgIpc) is 2.21. The molecule has 2 nitrogen and oxygen atoms in total. The molecule has 16 heavy (non-hydrogen) atoms. The Hall–Kier alpha value is -1.00. The van der Waals surface area contributed by atoms with Crippen LogP contribution in [0.15, 0.2) is 18.2 Å². The van der Waals surface area contributed by atoms with E-state index in [-0.39, 0.29) is 5.82 Å². The molecule has 0 unspecified atom stereocenters. The number of benzene rings is 1. The predicted octanol–water partition coefficient (Wildman–Crippen LogP) is 2.24. The number of halogens is 1. The number of rotatable bonds is 5. The number of thiocarbonyl (C=S) groups is 1. The van der Waals surface area contributed by atoms with Crippen LogP contribution in [0.4, 0.5) is 4.39 Å². The number of likely N-dealkylation sites (N-methyl/N-ethyl adjacent to an activating group) is 1. The largest absolute Gasteiger partial charge is 0.392 e. The molecule has 1 aromatic carbocycles. The summed E-state index contributed by atoms with van der Waals surface area (Å²) in [6, 6.07) is 4.83. The first-order valence-electron chi connectivity index (χ1n) is 5.28. The molecule has 0 aliphatic heterocycles. The maximum atomic E-state index is 13.1. The van der Waals surface area contributed by atoms with Gasteiger partial charge in [0.05, 0.1) is 4.99 Å². The summed E-state index contributed by atoms with van der Waals surface area (Å²) in [6.45, 7) is 6.10. The molecule has 0 amide bonds. The Morgan fingerprint density at radius 3 is 2.75 bits per heavy atom. The van der Waals surface area contributed by atoms with Crippen LogP contribution in [-0.2, 0) is 6.54 Å². The number of nitrogens with zero attached hydrogens (tertiary/aromatic N) is 1. The van der Waals surface area contributed by atoms with E-state index in [0.717, 1.165) is 17.7 Å². The van der Waals surface area contributed by atoms with Gasteiger partial charge in [-0.15, -0.1) is 0 Å². The monoisotopic (exact) mass is 240 g/mol. The first-order valence-corrected chi connectivity index (χ1v) is 5.69. The smallest absolute Gasteiger partial charge is 0.123 e. The van der Waals surface area contributed by atoms with Gasteiger partial charge in [-0.2, -0.15) is 0 Å². The van der Waals surface area contributed by atoms with Gasteiger partial charge >= 0.3 is 0 Å². The predicted molar refractivity (Wildman–Crippen MR) is 68.9 cm³/mol. The summed E-state index contributed by atoms with van der Waals surface area (Å²) in [6.07, 6.45) is 0. The van der Waals surface area contributed by atoms with Crippen LogP contribution in [0, 0.1) is 12.7 Å². The maximum absolute atomic E-state index is 13.1. The second-order valence-corrected chi connectivity index (χ2v) is 4.36. The fourth-order valence-corrected chi connectivity index (χ4v) is 1.73. The van der Waals surface area contributed by atoms with E-state index in [1.165, 1.54) is 6.07 Å². The molecule has 0 bridgehead atoms. The molecule has 2 N–H and O–H groups in total. The van der Waals surface area contributed by atoms with Crippen LogP contribution in [0.2, 0.25) is 0 Å². The molecule has 0 fully saturated rings. The molecular formula is C12H17FN2S. The Balaban J connectivity index is 2.77. The van der Waals surface area contributed by atoms with E-state index >= 15 is 0 Å². The number of hydrogen-bond donors (Lipinski definition) is 1. The third kappa shape index (κ3) is 3.87. The fourth-order valence-electron chi connectivity index (χ4n) is 1.55. The summed E-state index contributed by atoms with van der Waals surface area (Å²) in [5.74, 6) is -0.202. The molecule has 1 aromatic rings. The van der Waals surface area contributed by atoms with Crippen molar-refractivity contribution in [2.75, 3.05) is 13.1 Å². The molecule has 1 rings (SSSR count). The minimum atomic E-state index is -0.202. The SMILES string of the molecule is CCN(CC(N)=S)Cc1cc(F)ccc1C. The van der Waals surface area contributed by atoms with E-state index in [2.05, 4.69) is 4.90 Å². The lowest BCUT2D eigenvalue weighted by molar-refractivity contribution is 0.320. The van der Waals surface area contributed by atoms with Gasteiger partial charge in [0.1, 0.15) is 5.82 Å². The molecule has 4 heteroatoms. The van der Waals surface area contributed by atoms with Crippen LogP contribution in [-0.4, -0.2) is 23.0 Å². The van der Waals surface area contributed by atoms with Crippen molar-refractivity contribution in [2.45, 2.75) is 20.4 Å². The fraction of sp³-hybridized carbons (Fsp3) is 0.417. The van der Waals surface area contributed by atoms with Crippen LogP contribution in [0.3, 0.4) is 0 Å². The van der Waals surface area contributed by atoms with Crippen molar-refractivity contribution in [2.24, 2.45) is 5.73 Å². The van der Waals surface area contributed by atoms with Crippen LogP contribution in [0.25, 0.3) is 0 Å². The van der Waals surface area contributed by atoms with Gasteiger partial charge in [-0.05, 0) is 36.7 Å². The third-order valence-corrected chi connectivity index (χ3v) is 2.66. The summed E-state index contributed by atoms with van der Waals surface area (Å²) >= 11 is 4.87. The normalized spacial score (nSPS) is 10.8. The molecule has 0 saturated carbocycles. The van der Waals surface area contributed by atoms with E-state index in [0.29, 0.717) is 18.1 Å². The maximum Gasteiger partial charge on any atom is 0.123 e.